The number of carbonyl (C=O) groups is 1. The Morgan fingerprint density at radius 2 is 2.16 bits per heavy atom. The monoisotopic (exact) mass is 298 g/mol. The van der Waals surface area contributed by atoms with Gasteiger partial charge in [0, 0.05) is 11.1 Å². The van der Waals surface area contributed by atoms with E-state index in [0.29, 0.717) is 5.69 Å². The van der Waals surface area contributed by atoms with Crippen molar-refractivity contribution in [2.24, 2.45) is 0 Å². The van der Waals surface area contributed by atoms with E-state index in [0.717, 1.165) is 17.4 Å². The van der Waals surface area contributed by atoms with Crippen LogP contribution in [-0.2, 0) is 10.0 Å². The summed E-state index contributed by atoms with van der Waals surface area (Å²) in [4.78, 5) is 14.6. The second-order valence-corrected chi connectivity index (χ2v) is 6.32. The third kappa shape index (κ3) is 3.09. The summed E-state index contributed by atoms with van der Waals surface area (Å²) < 4.78 is 26.3. The molecule has 2 aromatic heterocycles. The summed E-state index contributed by atoms with van der Waals surface area (Å²) in [6.07, 6.45) is 0. The zero-order valence-electron chi connectivity index (χ0n) is 9.82. The van der Waals surface area contributed by atoms with Crippen LogP contribution >= 0.6 is 11.3 Å². The lowest BCUT2D eigenvalue weighted by atomic mass is 10.4. The van der Waals surface area contributed by atoms with Gasteiger partial charge in [-0.05, 0) is 25.1 Å². The number of pyridine rings is 1. The zero-order chi connectivity index (χ0) is 14.0. The van der Waals surface area contributed by atoms with E-state index in [1.807, 2.05) is 0 Å². The van der Waals surface area contributed by atoms with Gasteiger partial charge in [0.1, 0.15) is 10.7 Å². The largest absolute Gasteiger partial charge is 0.477 e. The minimum Gasteiger partial charge on any atom is -0.477 e. The van der Waals surface area contributed by atoms with E-state index >= 15 is 0 Å². The second-order valence-electron chi connectivity index (χ2n) is 3.72. The van der Waals surface area contributed by atoms with Gasteiger partial charge in [0.15, 0.2) is 0 Å². The topological polar surface area (TPSA) is 96.4 Å². The molecule has 0 saturated carbocycles. The number of aromatic nitrogens is 1. The third-order valence-corrected chi connectivity index (χ3v) is 4.63. The smallest absolute Gasteiger partial charge is 0.345 e. The number of rotatable bonds is 4. The molecule has 2 rings (SSSR count). The van der Waals surface area contributed by atoms with Crippen LogP contribution in [0.2, 0.25) is 0 Å². The van der Waals surface area contributed by atoms with Crippen molar-refractivity contribution < 1.29 is 18.3 Å². The number of carboxylic acids is 1. The van der Waals surface area contributed by atoms with E-state index < -0.39 is 16.0 Å². The van der Waals surface area contributed by atoms with E-state index in [9.17, 15) is 13.2 Å². The SMILES string of the molecule is Cc1cccc(NS(=O)(=O)c2csc(C(=O)O)c2)n1. The molecule has 0 radical (unpaired) electrons. The van der Waals surface area contributed by atoms with Gasteiger partial charge < -0.3 is 5.11 Å². The first-order valence-electron chi connectivity index (χ1n) is 5.17. The van der Waals surface area contributed by atoms with Gasteiger partial charge in [0.05, 0.1) is 4.90 Å². The average Bonchev–Trinajstić information content (AvgIpc) is 2.78. The maximum atomic E-state index is 12.0. The fraction of sp³-hybridized carbons (Fsp3) is 0.0909. The number of thiophene rings is 1. The number of sulfonamides is 1. The van der Waals surface area contributed by atoms with Crippen molar-refractivity contribution in [2.45, 2.75) is 11.8 Å². The molecule has 0 spiro atoms. The Bertz CT molecular complexity index is 722. The predicted molar refractivity (Wildman–Crippen MR) is 71.1 cm³/mol. The summed E-state index contributed by atoms with van der Waals surface area (Å²) in [5, 5.41) is 10.1. The molecule has 0 aromatic carbocycles. The maximum Gasteiger partial charge on any atom is 0.345 e. The number of hydrogen-bond donors (Lipinski definition) is 2. The van der Waals surface area contributed by atoms with E-state index in [2.05, 4.69) is 9.71 Å². The van der Waals surface area contributed by atoms with Gasteiger partial charge in [-0.15, -0.1) is 11.3 Å². The van der Waals surface area contributed by atoms with Gasteiger partial charge in [0.25, 0.3) is 10.0 Å². The van der Waals surface area contributed by atoms with Gasteiger partial charge in [-0.2, -0.15) is 0 Å². The van der Waals surface area contributed by atoms with Crippen molar-refractivity contribution in [3.05, 3.63) is 40.2 Å². The lowest BCUT2D eigenvalue weighted by Crippen LogP contribution is -2.13. The Morgan fingerprint density at radius 3 is 2.74 bits per heavy atom. The summed E-state index contributed by atoms with van der Waals surface area (Å²) in [6.45, 7) is 1.74. The highest BCUT2D eigenvalue weighted by Crippen LogP contribution is 2.21. The average molecular weight is 298 g/mol. The van der Waals surface area contributed by atoms with Crippen LogP contribution in [-0.4, -0.2) is 24.5 Å². The number of nitrogens with one attached hydrogen (secondary N) is 1. The molecule has 19 heavy (non-hydrogen) atoms. The van der Waals surface area contributed by atoms with Crippen molar-refractivity contribution in [3.8, 4) is 0 Å². The molecule has 0 aliphatic heterocycles. The van der Waals surface area contributed by atoms with Crippen LogP contribution in [0.5, 0.6) is 0 Å². The number of aromatic carboxylic acids is 1. The number of anilines is 1. The van der Waals surface area contributed by atoms with Crippen molar-refractivity contribution >= 4 is 33.1 Å². The minimum absolute atomic E-state index is 0.0300. The molecule has 2 aromatic rings. The predicted octanol–water partition coefficient (Wildman–Crippen LogP) is 1.95. The number of nitrogens with zero attached hydrogens (tertiary/aromatic N) is 1. The van der Waals surface area contributed by atoms with Gasteiger partial charge in [-0.1, -0.05) is 6.07 Å². The number of aryl methyl sites for hydroxylation is 1. The van der Waals surface area contributed by atoms with Crippen molar-refractivity contribution in [3.63, 3.8) is 0 Å². The maximum absolute atomic E-state index is 12.0. The molecule has 0 aliphatic carbocycles. The zero-order valence-corrected chi connectivity index (χ0v) is 11.5. The van der Waals surface area contributed by atoms with E-state index in [1.54, 1.807) is 19.1 Å². The quantitative estimate of drug-likeness (QED) is 0.899. The molecule has 0 bridgehead atoms. The Balaban J connectivity index is 2.29. The Morgan fingerprint density at radius 1 is 1.42 bits per heavy atom. The first-order valence-corrected chi connectivity index (χ1v) is 7.53. The summed E-state index contributed by atoms with van der Waals surface area (Å²) in [6, 6.07) is 6.06. The normalized spacial score (nSPS) is 11.2. The summed E-state index contributed by atoms with van der Waals surface area (Å²) in [5.74, 6) is -0.955. The van der Waals surface area contributed by atoms with Gasteiger partial charge in [-0.25, -0.2) is 18.2 Å². The third-order valence-electron chi connectivity index (χ3n) is 2.22. The van der Waals surface area contributed by atoms with Crippen LogP contribution in [0, 0.1) is 6.92 Å². The minimum atomic E-state index is -3.81. The van der Waals surface area contributed by atoms with Gasteiger partial charge in [0.2, 0.25) is 0 Å². The summed E-state index contributed by atoms with van der Waals surface area (Å²) in [7, 11) is -3.81. The van der Waals surface area contributed by atoms with Crippen LogP contribution in [0.25, 0.3) is 0 Å². The molecule has 0 fully saturated rings. The van der Waals surface area contributed by atoms with Crippen molar-refractivity contribution in [2.75, 3.05) is 4.72 Å². The molecule has 0 atom stereocenters. The highest BCUT2D eigenvalue weighted by Gasteiger charge is 2.19. The fourth-order valence-electron chi connectivity index (χ4n) is 1.37. The Hall–Kier alpha value is -1.93. The van der Waals surface area contributed by atoms with Crippen LogP contribution in [0.3, 0.4) is 0 Å². The highest BCUT2D eigenvalue weighted by atomic mass is 32.2. The van der Waals surface area contributed by atoms with Crippen LogP contribution < -0.4 is 4.72 Å². The van der Waals surface area contributed by atoms with Gasteiger partial charge >= 0.3 is 5.97 Å². The van der Waals surface area contributed by atoms with Crippen LogP contribution in [0.1, 0.15) is 15.4 Å². The molecule has 8 heteroatoms. The molecule has 0 amide bonds. The molecule has 2 heterocycles. The first-order chi connectivity index (χ1) is 8.88. The van der Waals surface area contributed by atoms with Crippen molar-refractivity contribution in [1.29, 1.82) is 0 Å². The molecule has 0 saturated heterocycles. The summed E-state index contributed by atoms with van der Waals surface area (Å²) >= 11 is 0.859. The molecular weight excluding hydrogens is 288 g/mol. The Kier molecular flexibility index (Phi) is 3.54. The molecule has 6 nitrogen and oxygen atoms in total. The van der Waals surface area contributed by atoms with Crippen LogP contribution in [0.4, 0.5) is 5.82 Å². The fourth-order valence-corrected chi connectivity index (χ4v) is 3.48. The van der Waals surface area contributed by atoms with E-state index in [1.165, 1.54) is 11.4 Å². The second kappa shape index (κ2) is 4.98. The number of carboxylic acid groups (broad SMARTS) is 1. The standard InChI is InChI=1S/C11H10N2O4S2/c1-7-3-2-4-10(12-7)13-19(16,17)8-5-9(11(14)15)18-6-8/h2-6H,1H3,(H,12,13)(H,14,15). The van der Waals surface area contributed by atoms with E-state index in [4.69, 9.17) is 5.11 Å². The highest BCUT2D eigenvalue weighted by molar-refractivity contribution is 7.92. The Labute approximate surface area is 113 Å². The summed E-state index contributed by atoms with van der Waals surface area (Å²) in [5.41, 5.74) is 0.678. The molecule has 0 unspecified atom stereocenters. The van der Waals surface area contributed by atoms with Gasteiger partial charge in [-0.3, -0.25) is 4.72 Å². The molecule has 100 valence electrons. The molecular formula is C11H10N2O4S2. The first kappa shape index (κ1) is 13.5. The number of hydrogen-bond acceptors (Lipinski definition) is 5. The van der Waals surface area contributed by atoms with Crippen molar-refractivity contribution in [1.82, 2.24) is 4.98 Å². The lowest BCUT2D eigenvalue weighted by molar-refractivity contribution is 0.0702. The van der Waals surface area contributed by atoms with E-state index in [-0.39, 0.29) is 15.6 Å². The lowest BCUT2D eigenvalue weighted by Gasteiger charge is -2.05. The molecule has 2 N–H and O–H groups in total. The molecule has 0 aliphatic rings. The van der Waals surface area contributed by atoms with Crippen LogP contribution in [0.15, 0.2) is 34.5 Å².